The lowest BCUT2D eigenvalue weighted by Gasteiger charge is -2.17. The molecule has 0 spiro atoms. The molecule has 0 fully saturated rings. The quantitative estimate of drug-likeness (QED) is 0.363. The first-order valence-corrected chi connectivity index (χ1v) is 5.03. The summed E-state index contributed by atoms with van der Waals surface area (Å²) in [4.78, 5) is 4.02. The van der Waals surface area contributed by atoms with Gasteiger partial charge in [-0.15, -0.1) is 0 Å². The van der Waals surface area contributed by atoms with E-state index in [0.29, 0.717) is 19.0 Å². The van der Waals surface area contributed by atoms with Gasteiger partial charge in [-0.1, -0.05) is 6.07 Å². The summed E-state index contributed by atoms with van der Waals surface area (Å²) in [6.45, 7) is 3.32. The third-order valence-corrected chi connectivity index (χ3v) is 2.20. The Hall–Kier alpha value is -1.17. The van der Waals surface area contributed by atoms with Crippen LogP contribution in [0.5, 0.6) is 0 Å². The zero-order valence-corrected chi connectivity index (χ0v) is 8.94. The standard InChI is InChI=1S/C10H18N4O/c1-2-15-7-5-9(14-12)8-4-3-6-13-10(8)11/h3-4,6,9,14H,2,5,7,12H2,1H3,(H2,11,13). The van der Waals surface area contributed by atoms with Crippen molar-refractivity contribution in [1.82, 2.24) is 10.4 Å². The number of aromatic nitrogens is 1. The summed E-state index contributed by atoms with van der Waals surface area (Å²) in [7, 11) is 0. The summed E-state index contributed by atoms with van der Waals surface area (Å²) in [6.07, 6.45) is 2.44. The summed E-state index contributed by atoms with van der Waals surface area (Å²) >= 11 is 0. The lowest BCUT2D eigenvalue weighted by atomic mass is 10.1. The molecule has 0 aliphatic carbocycles. The van der Waals surface area contributed by atoms with E-state index in [0.717, 1.165) is 12.0 Å². The first-order valence-electron chi connectivity index (χ1n) is 5.03. The van der Waals surface area contributed by atoms with Crippen molar-refractivity contribution in [3.8, 4) is 0 Å². The zero-order chi connectivity index (χ0) is 11.1. The Labute approximate surface area is 89.8 Å². The molecule has 1 atom stereocenters. The maximum absolute atomic E-state index is 5.75. The fourth-order valence-corrected chi connectivity index (χ4v) is 1.40. The smallest absolute Gasteiger partial charge is 0.128 e. The molecule has 15 heavy (non-hydrogen) atoms. The third kappa shape index (κ3) is 3.47. The van der Waals surface area contributed by atoms with Crippen molar-refractivity contribution in [2.24, 2.45) is 5.84 Å². The van der Waals surface area contributed by atoms with Gasteiger partial charge in [0.25, 0.3) is 0 Å². The fraction of sp³-hybridized carbons (Fsp3) is 0.500. The van der Waals surface area contributed by atoms with E-state index in [4.69, 9.17) is 16.3 Å². The van der Waals surface area contributed by atoms with E-state index in [1.807, 2.05) is 19.1 Å². The molecular formula is C10H18N4O. The second-order valence-corrected chi connectivity index (χ2v) is 3.18. The molecule has 0 aliphatic rings. The van der Waals surface area contributed by atoms with Crippen LogP contribution in [-0.4, -0.2) is 18.2 Å². The van der Waals surface area contributed by atoms with Crippen LogP contribution in [0, 0.1) is 0 Å². The Balaban J connectivity index is 2.61. The van der Waals surface area contributed by atoms with Crippen LogP contribution >= 0.6 is 0 Å². The highest BCUT2D eigenvalue weighted by Gasteiger charge is 2.12. The first kappa shape index (κ1) is 11.9. The predicted octanol–water partition coefficient (Wildman–Crippen LogP) is 0.595. The molecular weight excluding hydrogens is 192 g/mol. The summed E-state index contributed by atoms with van der Waals surface area (Å²) in [5.41, 5.74) is 9.39. The number of nitrogens with zero attached hydrogens (tertiary/aromatic N) is 1. The average Bonchev–Trinajstić information content (AvgIpc) is 2.26. The molecule has 84 valence electrons. The Morgan fingerprint density at radius 1 is 1.60 bits per heavy atom. The summed E-state index contributed by atoms with van der Waals surface area (Å²) in [5, 5.41) is 0. The van der Waals surface area contributed by atoms with Gasteiger partial charge in [0.15, 0.2) is 0 Å². The molecule has 1 heterocycles. The molecule has 0 radical (unpaired) electrons. The maximum Gasteiger partial charge on any atom is 0.128 e. The summed E-state index contributed by atoms with van der Waals surface area (Å²) in [6, 6.07) is 3.75. The average molecular weight is 210 g/mol. The zero-order valence-electron chi connectivity index (χ0n) is 8.94. The fourth-order valence-electron chi connectivity index (χ4n) is 1.40. The van der Waals surface area contributed by atoms with Crippen LogP contribution in [0.15, 0.2) is 18.3 Å². The monoisotopic (exact) mass is 210 g/mol. The van der Waals surface area contributed by atoms with Crippen molar-refractivity contribution < 1.29 is 4.74 Å². The van der Waals surface area contributed by atoms with E-state index in [9.17, 15) is 0 Å². The van der Waals surface area contributed by atoms with Crippen LogP contribution in [0.2, 0.25) is 0 Å². The van der Waals surface area contributed by atoms with E-state index in [1.54, 1.807) is 6.20 Å². The van der Waals surface area contributed by atoms with Gasteiger partial charge in [-0.25, -0.2) is 4.98 Å². The number of hydrogen-bond donors (Lipinski definition) is 3. The predicted molar refractivity (Wildman–Crippen MR) is 59.8 cm³/mol. The highest BCUT2D eigenvalue weighted by Crippen LogP contribution is 2.19. The normalized spacial score (nSPS) is 12.7. The van der Waals surface area contributed by atoms with Gasteiger partial charge in [-0.05, 0) is 19.4 Å². The molecule has 5 heteroatoms. The molecule has 1 aromatic rings. The van der Waals surface area contributed by atoms with Crippen molar-refractivity contribution in [3.05, 3.63) is 23.9 Å². The van der Waals surface area contributed by atoms with Gasteiger partial charge >= 0.3 is 0 Å². The van der Waals surface area contributed by atoms with Crippen molar-refractivity contribution in [1.29, 1.82) is 0 Å². The van der Waals surface area contributed by atoms with Gasteiger partial charge in [0, 0.05) is 25.0 Å². The molecule has 0 amide bonds. The molecule has 0 aliphatic heterocycles. The van der Waals surface area contributed by atoms with Crippen molar-refractivity contribution in [2.75, 3.05) is 18.9 Å². The molecule has 0 aromatic carbocycles. The van der Waals surface area contributed by atoms with Crippen LogP contribution < -0.4 is 17.0 Å². The molecule has 0 bridgehead atoms. The van der Waals surface area contributed by atoms with E-state index in [-0.39, 0.29) is 6.04 Å². The third-order valence-electron chi connectivity index (χ3n) is 2.20. The van der Waals surface area contributed by atoms with Gasteiger partial charge in [-0.2, -0.15) is 0 Å². The molecule has 5 N–H and O–H groups in total. The van der Waals surface area contributed by atoms with Crippen LogP contribution in [0.3, 0.4) is 0 Å². The number of pyridine rings is 1. The number of anilines is 1. The van der Waals surface area contributed by atoms with Crippen molar-refractivity contribution in [2.45, 2.75) is 19.4 Å². The maximum atomic E-state index is 5.75. The minimum atomic E-state index is -0.00903. The number of rotatable bonds is 6. The second-order valence-electron chi connectivity index (χ2n) is 3.18. The second kappa shape index (κ2) is 6.34. The van der Waals surface area contributed by atoms with Crippen molar-refractivity contribution >= 4 is 5.82 Å². The number of nitrogens with two attached hydrogens (primary N) is 2. The van der Waals surface area contributed by atoms with Gasteiger partial charge in [0.1, 0.15) is 5.82 Å². The number of hydrogen-bond acceptors (Lipinski definition) is 5. The molecule has 5 nitrogen and oxygen atoms in total. The van der Waals surface area contributed by atoms with Crippen LogP contribution in [0.25, 0.3) is 0 Å². The number of nitrogen functional groups attached to an aromatic ring is 1. The minimum absolute atomic E-state index is 0.00903. The van der Waals surface area contributed by atoms with Gasteiger partial charge in [-0.3, -0.25) is 11.3 Å². The highest BCUT2D eigenvalue weighted by molar-refractivity contribution is 5.40. The van der Waals surface area contributed by atoms with Gasteiger partial charge < -0.3 is 10.5 Å². The Morgan fingerprint density at radius 2 is 2.40 bits per heavy atom. The van der Waals surface area contributed by atoms with Crippen LogP contribution in [0.1, 0.15) is 24.9 Å². The lowest BCUT2D eigenvalue weighted by Crippen LogP contribution is -2.29. The molecule has 0 saturated carbocycles. The van der Waals surface area contributed by atoms with E-state index < -0.39 is 0 Å². The van der Waals surface area contributed by atoms with E-state index >= 15 is 0 Å². The first-order chi connectivity index (χ1) is 7.29. The van der Waals surface area contributed by atoms with E-state index in [1.165, 1.54) is 0 Å². The Bertz CT molecular complexity index is 293. The summed E-state index contributed by atoms with van der Waals surface area (Å²) in [5.74, 6) is 5.98. The highest BCUT2D eigenvalue weighted by atomic mass is 16.5. The molecule has 1 rings (SSSR count). The SMILES string of the molecule is CCOCCC(NN)c1cccnc1N. The Morgan fingerprint density at radius 3 is 3.00 bits per heavy atom. The Kier molecular flexibility index (Phi) is 5.03. The van der Waals surface area contributed by atoms with E-state index in [2.05, 4.69) is 10.4 Å². The largest absolute Gasteiger partial charge is 0.383 e. The van der Waals surface area contributed by atoms with Crippen LogP contribution in [0.4, 0.5) is 5.82 Å². The van der Waals surface area contributed by atoms with Crippen LogP contribution in [-0.2, 0) is 4.74 Å². The lowest BCUT2D eigenvalue weighted by molar-refractivity contribution is 0.136. The molecule has 1 unspecified atom stereocenters. The minimum Gasteiger partial charge on any atom is -0.383 e. The number of ether oxygens (including phenoxy) is 1. The molecule has 1 aromatic heterocycles. The topological polar surface area (TPSA) is 86.2 Å². The number of nitrogens with one attached hydrogen (secondary N) is 1. The molecule has 0 saturated heterocycles. The summed E-state index contributed by atoms with van der Waals surface area (Å²) < 4.78 is 5.27. The number of hydrazine groups is 1. The van der Waals surface area contributed by atoms with Gasteiger partial charge in [0.2, 0.25) is 0 Å². The van der Waals surface area contributed by atoms with Gasteiger partial charge in [0.05, 0.1) is 6.04 Å². The van der Waals surface area contributed by atoms with Crippen molar-refractivity contribution in [3.63, 3.8) is 0 Å².